The van der Waals surface area contributed by atoms with Gasteiger partial charge in [-0.3, -0.25) is 14.9 Å². The molecular formula is C14H19N5O2. The number of imide groups is 1. The Morgan fingerprint density at radius 1 is 1.24 bits per heavy atom. The standard InChI is InChI=1S/C14H19N5O2/c20-13-4-2-11(14(21)18-13)17-10-1-3-12(16-9-10)19-7-5-15-6-8-19/h1,3,9,11,15,17H,2,4-8H2,(H,18,20,21). The number of carbonyl (C=O) groups is 2. The Hall–Kier alpha value is -2.15. The zero-order valence-electron chi connectivity index (χ0n) is 11.8. The number of aromatic nitrogens is 1. The first-order chi connectivity index (χ1) is 10.2. The van der Waals surface area contributed by atoms with Crippen molar-refractivity contribution in [2.75, 3.05) is 36.4 Å². The Kier molecular flexibility index (Phi) is 4.01. The van der Waals surface area contributed by atoms with Crippen LogP contribution in [0.1, 0.15) is 12.8 Å². The molecule has 0 aliphatic carbocycles. The molecule has 3 heterocycles. The van der Waals surface area contributed by atoms with E-state index < -0.39 is 0 Å². The van der Waals surface area contributed by atoms with Crippen LogP contribution in [-0.2, 0) is 9.59 Å². The number of hydrogen-bond donors (Lipinski definition) is 3. The summed E-state index contributed by atoms with van der Waals surface area (Å²) in [5.74, 6) is 0.480. The molecule has 0 spiro atoms. The third kappa shape index (κ3) is 3.30. The van der Waals surface area contributed by atoms with Gasteiger partial charge in [-0.15, -0.1) is 0 Å². The summed E-state index contributed by atoms with van der Waals surface area (Å²) >= 11 is 0. The lowest BCUT2D eigenvalue weighted by molar-refractivity contribution is -0.133. The second kappa shape index (κ2) is 6.09. The molecule has 2 amide bonds. The molecule has 3 rings (SSSR count). The van der Waals surface area contributed by atoms with E-state index in [0.29, 0.717) is 12.8 Å². The molecule has 0 radical (unpaired) electrons. The van der Waals surface area contributed by atoms with Gasteiger partial charge in [-0.25, -0.2) is 4.98 Å². The van der Waals surface area contributed by atoms with Gasteiger partial charge in [-0.1, -0.05) is 0 Å². The molecule has 2 saturated heterocycles. The van der Waals surface area contributed by atoms with Crippen molar-refractivity contribution >= 4 is 23.3 Å². The first-order valence-electron chi connectivity index (χ1n) is 7.24. The smallest absolute Gasteiger partial charge is 0.249 e. The van der Waals surface area contributed by atoms with Gasteiger partial charge in [0.1, 0.15) is 11.9 Å². The van der Waals surface area contributed by atoms with Crippen molar-refractivity contribution in [2.24, 2.45) is 0 Å². The Morgan fingerprint density at radius 3 is 2.71 bits per heavy atom. The molecule has 0 saturated carbocycles. The maximum atomic E-state index is 11.7. The van der Waals surface area contributed by atoms with E-state index in [-0.39, 0.29) is 17.9 Å². The summed E-state index contributed by atoms with van der Waals surface area (Å²) in [6, 6.07) is 3.52. The molecule has 112 valence electrons. The molecule has 1 aromatic rings. The van der Waals surface area contributed by atoms with Crippen molar-refractivity contribution in [2.45, 2.75) is 18.9 Å². The number of piperazine rings is 1. The number of carbonyl (C=O) groups excluding carboxylic acids is 2. The highest BCUT2D eigenvalue weighted by molar-refractivity contribution is 6.01. The summed E-state index contributed by atoms with van der Waals surface area (Å²) in [4.78, 5) is 29.5. The van der Waals surface area contributed by atoms with E-state index in [1.165, 1.54) is 0 Å². The first kappa shape index (κ1) is 13.8. The molecule has 1 unspecified atom stereocenters. The Bertz CT molecular complexity index is 525. The van der Waals surface area contributed by atoms with Gasteiger partial charge in [-0.2, -0.15) is 0 Å². The number of piperidine rings is 1. The number of nitrogens with one attached hydrogen (secondary N) is 3. The van der Waals surface area contributed by atoms with Crippen molar-refractivity contribution in [1.29, 1.82) is 0 Å². The number of amides is 2. The Morgan fingerprint density at radius 2 is 2.05 bits per heavy atom. The number of hydrogen-bond acceptors (Lipinski definition) is 6. The Labute approximate surface area is 123 Å². The van der Waals surface area contributed by atoms with Crippen LogP contribution in [0, 0.1) is 0 Å². The zero-order chi connectivity index (χ0) is 14.7. The topological polar surface area (TPSA) is 86.4 Å². The van der Waals surface area contributed by atoms with E-state index in [1.54, 1.807) is 6.20 Å². The molecule has 7 heteroatoms. The van der Waals surface area contributed by atoms with E-state index in [1.807, 2.05) is 12.1 Å². The van der Waals surface area contributed by atoms with Gasteiger partial charge in [-0.05, 0) is 18.6 Å². The van der Waals surface area contributed by atoms with Crippen LogP contribution < -0.4 is 20.9 Å². The molecule has 0 bridgehead atoms. The van der Waals surface area contributed by atoms with Crippen molar-refractivity contribution in [3.05, 3.63) is 18.3 Å². The molecule has 3 N–H and O–H groups in total. The van der Waals surface area contributed by atoms with E-state index in [9.17, 15) is 9.59 Å². The van der Waals surface area contributed by atoms with Gasteiger partial charge in [0.25, 0.3) is 0 Å². The lowest BCUT2D eigenvalue weighted by Gasteiger charge is -2.28. The first-order valence-corrected chi connectivity index (χ1v) is 7.24. The SMILES string of the molecule is O=C1CCC(Nc2ccc(N3CCNCC3)nc2)C(=O)N1. The predicted octanol–water partition coefficient (Wildman–Crippen LogP) is -0.292. The maximum Gasteiger partial charge on any atom is 0.249 e. The quantitative estimate of drug-likeness (QED) is 0.663. The maximum absolute atomic E-state index is 11.7. The van der Waals surface area contributed by atoms with Crippen LogP contribution in [0.25, 0.3) is 0 Å². The number of nitrogens with zero attached hydrogens (tertiary/aromatic N) is 2. The fraction of sp³-hybridized carbons (Fsp3) is 0.500. The van der Waals surface area contributed by atoms with Crippen LogP contribution in [0.4, 0.5) is 11.5 Å². The van der Waals surface area contributed by atoms with Crippen molar-refractivity contribution in [3.63, 3.8) is 0 Å². The molecule has 2 aliphatic heterocycles. The van der Waals surface area contributed by atoms with Gasteiger partial charge in [0.15, 0.2) is 0 Å². The van der Waals surface area contributed by atoms with E-state index in [0.717, 1.165) is 37.7 Å². The van der Waals surface area contributed by atoms with Crippen molar-refractivity contribution in [1.82, 2.24) is 15.6 Å². The largest absolute Gasteiger partial charge is 0.372 e. The number of pyridine rings is 1. The summed E-state index contributed by atoms with van der Waals surface area (Å²) < 4.78 is 0. The minimum absolute atomic E-state index is 0.203. The highest BCUT2D eigenvalue weighted by Gasteiger charge is 2.26. The second-order valence-electron chi connectivity index (χ2n) is 5.29. The molecule has 2 aliphatic rings. The minimum atomic E-state index is -0.366. The average Bonchev–Trinajstić information content (AvgIpc) is 2.52. The molecular weight excluding hydrogens is 270 g/mol. The summed E-state index contributed by atoms with van der Waals surface area (Å²) in [5, 5.41) is 8.77. The van der Waals surface area contributed by atoms with Crippen molar-refractivity contribution in [3.8, 4) is 0 Å². The van der Waals surface area contributed by atoms with Crippen LogP contribution in [0.2, 0.25) is 0 Å². The second-order valence-corrected chi connectivity index (χ2v) is 5.29. The molecule has 7 nitrogen and oxygen atoms in total. The molecule has 0 aromatic carbocycles. The van der Waals surface area contributed by atoms with Crippen LogP contribution >= 0.6 is 0 Å². The van der Waals surface area contributed by atoms with Gasteiger partial charge in [0.2, 0.25) is 11.8 Å². The van der Waals surface area contributed by atoms with Crippen LogP contribution in [-0.4, -0.2) is 49.0 Å². The fourth-order valence-corrected chi connectivity index (χ4v) is 2.58. The lowest BCUT2D eigenvalue weighted by Crippen LogP contribution is -2.47. The number of rotatable bonds is 3. The van der Waals surface area contributed by atoms with Crippen LogP contribution in [0.15, 0.2) is 18.3 Å². The van der Waals surface area contributed by atoms with E-state index in [4.69, 9.17) is 0 Å². The normalized spacial score (nSPS) is 22.9. The third-order valence-electron chi connectivity index (χ3n) is 3.77. The monoisotopic (exact) mass is 289 g/mol. The third-order valence-corrected chi connectivity index (χ3v) is 3.77. The zero-order valence-corrected chi connectivity index (χ0v) is 11.8. The fourth-order valence-electron chi connectivity index (χ4n) is 2.58. The summed E-state index contributed by atoms with van der Waals surface area (Å²) in [5.41, 5.74) is 0.795. The van der Waals surface area contributed by atoms with Gasteiger partial charge >= 0.3 is 0 Å². The minimum Gasteiger partial charge on any atom is -0.372 e. The van der Waals surface area contributed by atoms with E-state index >= 15 is 0 Å². The summed E-state index contributed by atoms with van der Waals surface area (Å²) in [6.07, 6.45) is 2.63. The summed E-state index contributed by atoms with van der Waals surface area (Å²) in [6.45, 7) is 3.84. The highest BCUT2D eigenvalue weighted by atomic mass is 16.2. The van der Waals surface area contributed by atoms with Crippen molar-refractivity contribution < 1.29 is 9.59 Å². The van der Waals surface area contributed by atoms with Gasteiger partial charge in [0.05, 0.1) is 11.9 Å². The highest BCUT2D eigenvalue weighted by Crippen LogP contribution is 2.17. The molecule has 2 fully saturated rings. The van der Waals surface area contributed by atoms with Crippen LogP contribution in [0.3, 0.4) is 0 Å². The van der Waals surface area contributed by atoms with Gasteiger partial charge < -0.3 is 15.5 Å². The molecule has 21 heavy (non-hydrogen) atoms. The predicted molar refractivity (Wildman–Crippen MR) is 79.1 cm³/mol. The summed E-state index contributed by atoms with van der Waals surface area (Å²) in [7, 11) is 0. The average molecular weight is 289 g/mol. The number of anilines is 2. The van der Waals surface area contributed by atoms with Crippen LogP contribution in [0.5, 0.6) is 0 Å². The van der Waals surface area contributed by atoms with E-state index in [2.05, 4.69) is 25.8 Å². The van der Waals surface area contributed by atoms with Gasteiger partial charge in [0, 0.05) is 32.6 Å². The molecule has 1 aromatic heterocycles. The Balaban J connectivity index is 1.61. The molecule has 1 atom stereocenters. The lowest BCUT2D eigenvalue weighted by atomic mass is 10.1.